The van der Waals surface area contributed by atoms with Crippen LogP contribution >= 0.6 is 11.8 Å². The minimum atomic E-state index is 0.200. The van der Waals surface area contributed by atoms with Crippen LogP contribution in [-0.2, 0) is 4.79 Å². The van der Waals surface area contributed by atoms with Gasteiger partial charge >= 0.3 is 0 Å². The molecule has 1 unspecified atom stereocenters. The van der Waals surface area contributed by atoms with E-state index in [-0.39, 0.29) is 5.91 Å². The number of aliphatic imine (C=N–C) groups is 1. The van der Waals surface area contributed by atoms with E-state index in [1.54, 1.807) is 0 Å². The number of piperazine rings is 1. The molecule has 1 aromatic rings. The fourth-order valence-electron chi connectivity index (χ4n) is 3.73. The summed E-state index contributed by atoms with van der Waals surface area (Å²) in [6, 6.07) is 5.96. The van der Waals surface area contributed by atoms with E-state index in [2.05, 4.69) is 45.7 Å². The van der Waals surface area contributed by atoms with E-state index in [1.807, 2.05) is 29.3 Å². The molecule has 1 N–H and O–H groups in total. The van der Waals surface area contributed by atoms with Gasteiger partial charge in [0.05, 0.1) is 6.54 Å². The third-order valence-corrected chi connectivity index (χ3v) is 6.79. The molecule has 0 aromatic carbocycles. The normalized spacial score (nSPS) is 20.7. The SMILES string of the molecule is CCNC(=NCCC(=O)N1CCN(c2ccccn2)CC1)N1CCSC(CC)C1. The summed E-state index contributed by atoms with van der Waals surface area (Å²) in [4.78, 5) is 28.4. The van der Waals surface area contributed by atoms with E-state index >= 15 is 0 Å². The van der Waals surface area contributed by atoms with E-state index in [9.17, 15) is 4.79 Å². The Balaban J connectivity index is 1.46. The van der Waals surface area contributed by atoms with Gasteiger partial charge in [-0.1, -0.05) is 13.0 Å². The van der Waals surface area contributed by atoms with Crippen LogP contribution in [0.4, 0.5) is 5.82 Å². The smallest absolute Gasteiger partial charge is 0.224 e. The van der Waals surface area contributed by atoms with Gasteiger partial charge in [-0.3, -0.25) is 9.79 Å². The molecule has 1 atom stereocenters. The molecule has 2 aliphatic heterocycles. The van der Waals surface area contributed by atoms with Crippen molar-refractivity contribution in [2.45, 2.75) is 31.9 Å². The average Bonchev–Trinajstić information content (AvgIpc) is 2.79. The summed E-state index contributed by atoms with van der Waals surface area (Å²) >= 11 is 2.05. The van der Waals surface area contributed by atoms with Gasteiger partial charge in [-0.15, -0.1) is 0 Å². The maximum absolute atomic E-state index is 12.6. The molecule has 2 saturated heterocycles. The van der Waals surface area contributed by atoms with Crippen molar-refractivity contribution in [1.82, 2.24) is 20.1 Å². The Morgan fingerprint density at radius 1 is 1.21 bits per heavy atom. The maximum atomic E-state index is 12.6. The van der Waals surface area contributed by atoms with Crippen LogP contribution in [0, 0.1) is 0 Å². The highest BCUT2D eigenvalue weighted by molar-refractivity contribution is 8.00. The van der Waals surface area contributed by atoms with Crippen molar-refractivity contribution in [3.8, 4) is 0 Å². The summed E-state index contributed by atoms with van der Waals surface area (Å²) < 4.78 is 0. The molecule has 1 aromatic heterocycles. The van der Waals surface area contributed by atoms with E-state index in [4.69, 9.17) is 4.99 Å². The van der Waals surface area contributed by atoms with E-state index < -0.39 is 0 Å². The van der Waals surface area contributed by atoms with Gasteiger partial charge in [-0.25, -0.2) is 4.98 Å². The zero-order valence-electron chi connectivity index (χ0n) is 17.7. The Morgan fingerprint density at radius 3 is 2.72 bits per heavy atom. The quantitative estimate of drug-likeness (QED) is 0.562. The van der Waals surface area contributed by atoms with Gasteiger partial charge in [0.1, 0.15) is 5.82 Å². The second-order valence-corrected chi connectivity index (χ2v) is 8.80. The van der Waals surface area contributed by atoms with Crippen LogP contribution in [0.5, 0.6) is 0 Å². The number of carbonyl (C=O) groups is 1. The molecule has 1 amide bonds. The molecule has 3 heterocycles. The second-order valence-electron chi connectivity index (χ2n) is 7.39. The highest BCUT2D eigenvalue weighted by Crippen LogP contribution is 2.21. The Bertz CT molecular complexity index is 662. The number of anilines is 1. The van der Waals surface area contributed by atoms with Gasteiger partial charge in [0, 0.05) is 69.4 Å². The molecule has 3 rings (SSSR count). The number of nitrogens with zero attached hydrogens (tertiary/aromatic N) is 5. The van der Waals surface area contributed by atoms with Crippen molar-refractivity contribution in [2.75, 3.05) is 63.0 Å². The summed E-state index contributed by atoms with van der Waals surface area (Å²) in [7, 11) is 0. The number of aromatic nitrogens is 1. The number of hydrogen-bond acceptors (Lipinski definition) is 5. The lowest BCUT2D eigenvalue weighted by atomic mass is 10.2. The molecule has 29 heavy (non-hydrogen) atoms. The summed E-state index contributed by atoms with van der Waals surface area (Å²) in [6.45, 7) is 11.0. The zero-order chi connectivity index (χ0) is 20.5. The van der Waals surface area contributed by atoms with Gasteiger partial charge < -0.3 is 20.0 Å². The molecule has 0 saturated carbocycles. The van der Waals surface area contributed by atoms with Crippen LogP contribution < -0.4 is 10.2 Å². The van der Waals surface area contributed by atoms with Crippen LogP contribution in [0.25, 0.3) is 0 Å². The number of rotatable bonds is 6. The number of pyridine rings is 1. The lowest BCUT2D eigenvalue weighted by Crippen LogP contribution is -2.49. The summed E-state index contributed by atoms with van der Waals surface area (Å²) in [5, 5.41) is 4.07. The Kier molecular flexibility index (Phi) is 8.46. The monoisotopic (exact) mass is 418 g/mol. The second kappa shape index (κ2) is 11.3. The van der Waals surface area contributed by atoms with Crippen molar-refractivity contribution in [3.63, 3.8) is 0 Å². The summed E-state index contributed by atoms with van der Waals surface area (Å²) in [6.07, 6.45) is 3.47. The largest absolute Gasteiger partial charge is 0.357 e. The lowest BCUT2D eigenvalue weighted by Gasteiger charge is -2.35. The number of hydrogen-bond donors (Lipinski definition) is 1. The van der Waals surface area contributed by atoms with Crippen molar-refractivity contribution >= 4 is 29.4 Å². The minimum Gasteiger partial charge on any atom is -0.357 e. The molecule has 160 valence electrons. The Morgan fingerprint density at radius 2 is 2.03 bits per heavy atom. The summed E-state index contributed by atoms with van der Waals surface area (Å²) in [5.74, 6) is 3.29. The van der Waals surface area contributed by atoms with Crippen LogP contribution in [0.3, 0.4) is 0 Å². The first kappa shape index (κ1) is 21.7. The zero-order valence-corrected chi connectivity index (χ0v) is 18.5. The van der Waals surface area contributed by atoms with E-state index in [0.29, 0.717) is 18.2 Å². The topological polar surface area (TPSA) is 64.1 Å². The first-order chi connectivity index (χ1) is 14.2. The van der Waals surface area contributed by atoms with E-state index in [0.717, 1.165) is 63.3 Å². The number of nitrogens with one attached hydrogen (secondary N) is 1. The molecule has 0 aliphatic carbocycles. The molecule has 7 nitrogen and oxygen atoms in total. The lowest BCUT2D eigenvalue weighted by molar-refractivity contribution is -0.131. The molecular formula is C21H34N6OS. The first-order valence-electron chi connectivity index (χ1n) is 10.8. The minimum absolute atomic E-state index is 0.200. The molecule has 0 spiro atoms. The van der Waals surface area contributed by atoms with E-state index in [1.165, 1.54) is 6.42 Å². The van der Waals surface area contributed by atoms with Crippen LogP contribution in [0.15, 0.2) is 29.4 Å². The summed E-state index contributed by atoms with van der Waals surface area (Å²) in [5.41, 5.74) is 0. The van der Waals surface area contributed by atoms with Gasteiger partial charge in [0.15, 0.2) is 5.96 Å². The predicted octanol–water partition coefficient (Wildman–Crippen LogP) is 1.91. The van der Waals surface area contributed by atoms with Crippen LogP contribution in [-0.4, -0.2) is 90.0 Å². The Hall–Kier alpha value is -1.96. The molecule has 0 bridgehead atoms. The maximum Gasteiger partial charge on any atom is 0.224 e. The van der Waals surface area contributed by atoms with Crippen molar-refractivity contribution in [2.24, 2.45) is 4.99 Å². The first-order valence-corrected chi connectivity index (χ1v) is 11.8. The van der Waals surface area contributed by atoms with Crippen molar-refractivity contribution in [1.29, 1.82) is 0 Å². The molecule has 8 heteroatoms. The number of amides is 1. The van der Waals surface area contributed by atoms with Crippen LogP contribution in [0.2, 0.25) is 0 Å². The number of guanidine groups is 1. The third kappa shape index (κ3) is 6.26. The fraction of sp³-hybridized carbons (Fsp3) is 0.667. The van der Waals surface area contributed by atoms with Gasteiger partial charge in [-0.05, 0) is 25.5 Å². The molecular weight excluding hydrogens is 384 g/mol. The Labute approximate surface area is 178 Å². The predicted molar refractivity (Wildman–Crippen MR) is 122 cm³/mol. The standard InChI is InChI=1S/C21H34N6OS/c1-3-18-17-27(15-16-29-18)21(22-4-2)24-10-8-20(28)26-13-11-25(12-14-26)19-7-5-6-9-23-19/h5-7,9,18H,3-4,8,10-17H2,1-2H3,(H,22,24). The van der Waals surface area contributed by atoms with Crippen LogP contribution in [0.1, 0.15) is 26.7 Å². The number of thioether (sulfide) groups is 1. The molecule has 2 aliphatic rings. The van der Waals surface area contributed by atoms with Crippen molar-refractivity contribution < 1.29 is 4.79 Å². The third-order valence-electron chi connectivity index (χ3n) is 5.42. The molecule has 2 fully saturated rings. The highest BCUT2D eigenvalue weighted by Gasteiger charge is 2.23. The van der Waals surface area contributed by atoms with Gasteiger partial charge in [0.25, 0.3) is 0 Å². The van der Waals surface area contributed by atoms with Gasteiger partial charge in [-0.2, -0.15) is 11.8 Å². The molecule has 0 radical (unpaired) electrons. The van der Waals surface area contributed by atoms with Crippen molar-refractivity contribution in [3.05, 3.63) is 24.4 Å². The number of carbonyl (C=O) groups excluding carboxylic acids is 1. The average molecular weight is 419 g/mol. The highest BCUT2D eigenvalue weighted by atomic mass is 32.2. The fourth-order valence-corrected chi connectivity index (χ4v) is 4.91. The van der Waals surface area contributed by atoms with Gasteiger partial charge in [0.2, 0.25) is 5.91 Å².